The molecule has 0 spiro atoms. The number of aromatic nitrogens is 3. The molecule has 2 heterocycles. The van der Waals surface area contributed by atoms with Crippen molar-refractivity contribution >= 4 is 11.7 Å². The van der Waals surface area contributed by atoms with E-state index in [4.69, 9.17) is 0 Å². The highest BCUT2D eigenvalue weighted by Gasteiger charge is 2.24. The SMILES string of the molecule is O=C(N[C@@H]1CCc2ccccc21)c1cn2cccnc2n1. The highest BCUT2D eigenvalue weighted by molar-refractivity contribution is 5.93. The van der Waals surface area contributed by atoms with Gasteiger partial charge in [-0.2, -0.15) is 0 Å². The Labute approximate surface area is 121 Å². The van der Waals surface area contributed by atoms with Crippen molar-refractivity contribution in [2.24, 2.45) is 0 Å². The van der Waals surface area contributed by atoms with Crippen LogP contribution in [-0.4, -0.2) is 20.3 Å². The van der Waals surface area contributed by atoms with E-state index in [0.717, 1.165) is 12.8 Å². The van der Waals surface area contributed by atoms with E-state index >= 15 is 0 Å². The van der Waals surface area contributed by atoms with E-state index in [1.807, 2.05) is 24.4 Å². The molecule has 2 aromatic heterocycles. The van der Waals surface area contributed by atoms with Crippen LogP contribution in [0.4, 0.5) is 0 Å². The quantitative estimate of drug-likeness (QED) is 0.781. The predicted octanol–water partition coefficient (Wildman–Crippen LogP) is 2.15. The third kappa shape index (κ3) is 2.07. The first-order valence-corrected chi connectivity index (χ1v) is 6.99. The van der Waals surface area contributed by atoms with Crippen LogP contribution in [0.1, 0.15) is 34.1 Å². The van der Waals surface area contributed by atoms with Gasteiger partial charge in [-0.25, -0.2) is 9.97 Å². The molecule has 0 aliphatic heterocycles. The van der Waals surface area contributed by atoms with E-state index in [1.165, 1.54) is 11.1 Å². The lowest BCUT2D eigenvalue weighted by molar-refractivity contribution is 0.0932. The van der Waals surface area contributed by atoms with Crippen LogP contribution in [-0.2, 0) is 6.42 Å². The monoisotopic (exact) mass is 278 g/mol. The van der Waals surface area contributed by atoms with E-state index in [1.54, 1.807) is 16.8 Å². The maximum absolute atomic E-state index is 12.4. The molecule has 5 nitrogen and oxygen atoms in total. The highest BCUT2D eigenvalue weighted by Crippen LogP contribution is 2.30. The molecule has 21 heavy (non-hydrogen) atoms. The zero-order valence-corrected chi connectivity index (χ0v) is 11.4. The number of fused-ring (bicyclic) bond motifs is 2. The fourth-order valence-corrected chi connectivity index (χ4v) is 2.88. The summed E-state index contributed by atoms with van der Waals surface area (Å²) in [5.41, 5.74) is 2.94. The molecule has 0 saturated carbocycles. The number of nitrogens with zero attached hydrogens (tertiary/aromatic N) is 3. The van der Waals surface area contributed by atoms with Gasteiger partial charge < -0.3 is 5.32 Å². The van der Waals surface area contributed by atoms with Crippen molar-refractivity contribution in [3.63, 3.8) is 0 Å². The normalized spacial score (nSPS) is 16.9. The fraction of sp³-hybridized carbons (Fsp3) is 0.188. The molecule has 1 atom stereocenters. The third-order valence-corrected chi connectivity index (χ3v) is 3.91. The van der Waals surface area contributed by atoms with E-state index in [2.05, 4.69) is 27.4 Å². The van der Waals surface area contributed by atoms with Crippen molar-refractivity contribution in [3.05, 3.63) is 65.7 Å². The topological polar surface area (TPSA) is 59.3 Å². The van der Waals surface area contributed by atoms with Gasteiger partial charge in [-0.3, -0.25) is 9.20 Å². The minimum Gasteiger partial charge on any atom is -0.344 e. The number of amides is 1. The van der Waals surface area contributed by atoms with Crippen molar-refractivity contribution in [3.8, 4) is 0 Å². The van der Waals surface area contributed by atoms with Crippen LogP contribution in [0.25, 0.3) is 5.78 Å². The Balaban J connectivity index is 1.59. The Hall–Kier alpha value is -2.69. The molecule has 1 aromatic carbocycles. The van der Waals surface area contributed by atoms with Gasteiger partial charge >= 0.3 is 0 Å². The number of hydrogen-bond acceptors (Lipinski definition) is 3. The largest absolute Gasteiger partial charge is 0.344 e. The first-order chi connectivity index (χ1) is 10.3. The van der Waals surface area contributed by atoms with Gasteiger partial charge in [-0.1, -0.05) is 24.3 Å². The number of carbonyl (C=O) groups excluding carboxylic acids is 1. The standard InChI is InChI=1S/C16H14N4O/c21-15(14-10-20-9-3-8-17-16(20)19-14)18-13-7-6-11-4-1-2-5-12(11)13/h1-5,8-10,13H,6-7H2,(H,18,21)/t13-/m1/s1. The summed E-state index contributed by atoms with van der Waals surface area (Å²) in [6.45, 7) is 0. The Morgan fingerprint density at radius 1 is 1.29 bits per heavy atom. The van der Waals surface area contributed by atoms with Crippen molar-refractivity contribution in [1.29, 1.82) is 0 Å². The first kappa shape index (κ1) is 12.1. The lowest BCUT2D eigenvalue weighted by atomic mass is 10.1. The molecule has 0 saturated heterocycles. The molecule has 4 rings (SSSR count). The summed E-state index contributed by atoms with van der Waals surface area (Å²) in [7, 11) is 0. The van der Waals surface area contributed by atoms with Crippen LogP contribution in [0.15, 0.2) is 48.9 Å². The van der Waals surface area contributed by atoms with Gasteiger partial charge in [0.25, 0.3) is 5.91 Å². The molecular formula is C16H14N4O. The van der Waals surface area contributed by atoms with Gasteiger partial charge in [-0.05, 0) is 30.0 Å². The Bertz CT molecular complexity index is 791. The second kappa shape index (κ2) is 4.70. The molecule has 1 N–H and O–H groups in total. The average molecular weight is 278 g/mol. The molecule has 1 aliphatic rings. The van der Waals surface area contributed by atoms with Crippen LogP contribution >= 0.6 is 0 Å². The van der Waals surface area contributed by atoms with Crippen molar-refractivity contribution in [2.75, 3.05) is 0 Å². The molecule has 104 valence electrons. The molecule has 0 unspecified atom stereocenters. The summed E-state index contributed by atoms with van der Waals surface area (Å²) in [4.78, 5) is 20.7. The number of rotatable bonds is 2. The van der Waals surface area contributed by atoms with Crippen LogP contribution < -0.4 is 5.32 Å². The van der Waals surface area contributed by atoms with Crippen molar-refractivity contribution < 1.29 is 4.79 Å². The number of imidazole rings is 1. The van der Waals surface area contributed by atoms with Crippen LogP contribution in [0.5, 0.6) is 0 Å². The van der Waals surface area contributed by atoms with E-state index in [9.17, 15) is 4.79 Å². The van der Waals surface area contributed by atoms with Gasteiger partial charge in [0.1, 0.15) is 5.69 Å². The smallest absolute Gasteiger partial charge is 0.272 e. The summed E-state index contributed by atoms with van der Waals surface area (Å²) in [5.74, 6) is 0.386. The van der Waals surface area contributed by atoms with Crippen molar-refractivity contribution in [2.45, 2.75) is 18.9 Å². The Morgan fingerprint density at radius 3 is 3.10 bits per heavy atom. The molecule has 0 fully saturated rings. The van der Waals surface area contributed by atoms with Gasteiger partial charge in [0.05, 0.1) is 6.04 Å². The summed E-state index contributed by atoms with van der Waals surface area (Å²) < 4.78 is 1.75. The van der Waals surface area contributed by atoms with Crippen LogP contribution in [0, 0.1) is 0 Å². The van der Waals surface area contributed by atoms with Crippen LogP contribution in [0.2, 0.25) is 0 Å². The molecule has 1 amide bonds. The fourth-order valence-electron chi connectivity index (χ4n) is 2.88. The van der Waals surface area contributed by atoms with E-state index < -0.39 is 0 Å². The minimum atomic E-state index is -0.151. The minimum absolute atomic E-state index is 0.0754. The van der Waals surface area contributed by atoms with Crippen LogP contribution in [0.3, 0.4) is 0 Å². The number of benzene rings is 1. The zero-order chi connectivity index (χ0) is 14.2. The molecule has 5 heteroatoms. The van der Waals surface area contributed by atoms with Gasteiger partial charge in [0, 0.05) is 18.6 Å². The maximum Gasteiger partial charge on any atom is 0.272 e. The summed E-state index contributed by atoms with van der Waals surface area (Å²) in [6, 6.07) is 10.1. The number of carbonyl (C=O) groups is 1. The average Bonchev–Trinajstić information content (AvgIpc) is 3.11. The number of hydrogen-bond donors (Lipinski definition) is 1. The summed E-state index contributed by atoms with van der Waals surface area (Å²) in [5, 5.41) is 3.07. The van der Waals surface area contributed by atoms with Gasteiger partial charge in [0.15, 0.2) is 0 Å². The lowest BCUT2D eigenvalue weighted by Crippen LogP contribution is -2.27. The summed E-state index contributed by atoms with van der Waals surface area (Å²) >= 11 is 0. The Kier molecular flexibility index (Phi) is 2.70. The van der Waals surface area contributed by atoms with Crippen molar-refractivity contribution in [1.82, 2.24) is 19.7 Å². The molecule has 0 radical (unpaired) electrons. The third-order valence-electron chi connectivity index (χ3n) is 3.91. The van der Waals surface area contributed by atoms with Gasteiger partial charge in [0.2, 0.25) is 5.78 Å². The molecule has 0 bridgehead atoms. The number of nitrogens with one attached hydrogen (secondary N) is 1. The maximum atomic E-state index is 12.4. The molecule has 1 aliphatic carbocycles. The first-order valence-electron chi connectivity index (χ1n) is 6.99. The van der Waals surface area contributed by atoms with E-state index in [-0.39, 0.29) is 11.9 Å². The highest BCUT2D eigenvalue weighted by atomic mass is 16.2. The Morgan fingerprint density at radius 2 is 2.19 bits per heavy atom. The lowest BCUT2D eigenvalue weighted by Gasteiger charge is -2.12. The summed E-state index contributed by atoms with van der Waals surface area (Å²) in [6.07, 6.45) is 7.15. The second-order valence-electron chi connectivity index (χ2n) is 5.22. The number of aryl methyl sites for hydroxylation is 1. The zero-order valence-electron chi connectivity index (χ0n) is 11.4. The molecule has 3 aromatic rings. The van der Waals surface area contributed by atoms with E-state index in [0.29, 0.717) is 11.5 Å². The second-order valence-corrected chi connectivity index (χ2v) is 5.22. The van der Waals surface area contributed by atoms with Gasteiger partial charge in [-0.15, -0.1) is 0 Å². The molecular weight excluding hydrogens is 264 g/mol. The predicted molar refractivity (Wildman–Crippen MR) is 78.0 cm³/mol.